The average molecular weight is 359 g/mol. The van der Waals surface area contributed by atoms with Crippen molar-refractivity contribution >= 4 is 23.2 Å². The first-order chi connectivity index (χ1) is 11.5. The maximum atomic E-state index is 13.5. The smallest absolute Gasteiger partial charge is 0.279 e. The lowest BCUT2D eigenvalue weighted by Crippen LogP contribution is -2.51. The Balaban J connectivity index is 1.71. The highest BCUT2D eigenvalue weighted by Gasteiger charge is 2.18. The molecule has 0 bridgehead atoms. The topological polar surface area (TPSA) is 71.6 Å². The van der Waals surface area contributed by atoms with Crippen LogP contribution in [-0.4, -0.2) is 36.4 Å². The summed E-state index contributed by atoms with van der Waals surface area (Å²) in [7, 11) is 0. The third kappa shape index (κ3) is 5.57. The Morgan fingerprint density at radius 1 is 1.46 bits per heavy atom. The largest absolute Gasteiger partial charge is 0.478 e. The van der Waals surface area contributed by atoms with Gasteiger partial charge in [0.1, 0.15) is 5.82 Å². The number of carbonyl (C=O) groups excluding carboxylic acids is 1. The standard InChI is InChI=1S/C15H19F2N3O3S/c1-9(23-13-5-4-10(16)7-12(13)17)14(21)19-20-15(24)18-8-11-3-2-6-22-11/h4-5,7,9,11H,2-3,6,8H2,1H3,(H,19,21)(H2,18,20,24)/t9-,11+/m1/s1. The van der Waals surface area contributed by atoms with Gasteiger partial charge in [-0.2, -0.15) is 0 Å². The number of ether oxygens (including phenoxy) is 2. The van der Waals surface area contributed by atoms with Crippen LogP contribution in [0.15, 0.2) is 18.2 Å². The van der Waals surface area contributed by atoms with Gasteiger partial charge in [-0.1, -0.05) is 0 Å². The number of halogens is 2. The average Bonchev–Trinajstić information content (AvgIpc) is 3.06. The Kier molecular flexibility index (Phi) is 6.68. The van der Waals surface area contributed by atoms with Gasteiger partial charge in [-0.05, 0) is 44.1 Å². The Hall–Kier alpha value is -2.00. The number of nitrogens with one attached hydrogen (secondary N) is 3. The number of amides is 1. The van der Waals surface area contributed by atoms with Gasteiger partial charge in [0.2, 0.25) is 0 Å². The van der Waals surface area contributed by atoms with Crippen LogP contribution in [0.5, 0.6) is 5.75 Å². The summed E-state index contributed by atoms with van der Waals surface area (Å²) in [6.45, 7) is 2.73. The lowest BCUT2D eigenvalue weighted by Gasteiger charge is -2.17. The van der Waals surface area contributed by atoms with Crippen LogP contribution in [0.4, 0.5) is 8.78 Å². The van der Waals surface area contributed by atoms with Crippen LogP contribution < -0.4 is 20.9 Å². The minimum atomic E-state index is -1.00. The molecule has 1 aromatic rings. The normalized spacial score (nSPS) is 17.9. The summed E-state index contributed by atoms with van der Waals surface area (Å²) in [6, 6.07) is 2.85. The number of hydrogen-bond acceptors (Lipinski definition) is 4. The van der Waals surface area contributed by atoms with E-state index in [0.717, 1.165) is 31.6 Å². The lowest BCUT2D eigenvalue weighted by molar-refractivity contribution is -0.127. The highest BCUT2D eigenvalue weighted by atomic mass is 32.1. The fraction of sp³-hybridized carbons (Fsp3) is 0.467. The summed E-state index contributed by atoms with van der Waals surface area (Å²) >= 11 is 5.02. The highest BCUT2D eigenvalue weighted by molar-refractivity contribution is 7.80. The molecule has 132 valence electrons. The first-order valence-corrected chi connectivity index (χ1v) is 7.93. The molecule has 1 amide bonds. The van der Waals surface area contributed by atoms with Crippen molar-refractivity contribution in [2.45, 2.75) is 32.0 Å². The summed E-state index contributed by atoms with van der Waals surface area (Å²) in [4.78, 5) is 11.9. The van der Waals surface area contributed by atoms with Crippen LogP contribution in [0.25, 0.3) is 0 Å². The molecule has 9 heteroatoms. The molecule has 1 saturated heterocycles. The van der Waals surface area contributed by atoms with Crippen molar-refractivity contribution in [1.29, 1.82) is 0 Å². The number of benzene rings is 1. The maximum absolute atomic E-state index is 13.5. The van der Waals surface area contributed by atoms with Gasteiger partial charge in [0.25, 0.3) is 5.91 Å². The molecule has 0 aromatic heterocycles. The molecule has 0 saturated carbocycles. The number of hydrazine groups is 1. The zero-order valence-corrected chi connectivity index (χ0v) is 13.9. The summed E-state index contributed by atoms with van der Waals surface area (Å²) in [5.74, 6) is -2.37. The van der Waals surface area contributed by atoms with Crippen molar-refractivity contribution in [3.63, 3.8) is 0 Å². The first-order valence-electron chi connectivity index (χ1n) is 7.52. The monoisotopic (exact) mass is 359 g/mol. The van der Waals surface area contributed by atoms with Crippen molar-refractivity contribution in [3.05, 3.63) is 29.8 Å². The molecule has 0 aliphatic carbocycles. The fourth-order valence-electron chi connectivity index (χ4n) is 2.09. The van der Waals surface area contributed by atoms with E-state index < -0.39 is 23.6 Å². The molecule has 1 heterocycles. The zero-order valence-electron chi connectivity index (χ0n) is 13.1. The number of rotatable bonds is 5. The first kappa shape index (κ1) is 18.3. The second-order valence-corrected chi connectivity index (χ2v) is 5.70. The van der Waals surface area contributed by atoms with Crippen molar-refractivity contribution in [2.24, 2.45) is 0 Å². The third-order valence-electron chi connectivity index (χ3n) is 3.38. The van der Waals surface area contributed by atoms with Crippen molar-refractivity contribution < 1.29 is 23.0 Å². The number of hydrogen-bond donors (Lipinski definition) is 3. The maximum Gasteiger partial charge on any atom is 0.279 e. The molecule has 1 aliphatic rings. The summed E-state index contributed by atoms with van der Waals surface area (Å²) in [5, 5.41) is 3.16. The lowest BCUT2D eigenvalue weighted by atomic mass is 10.2. The fourth-order valence-corrected chi connectivity index (χ4v) is 2.23. The van der Waals surface area contributed by atoms with E-state index in [1.165, 1.54) is 6.92 Å². The number of thiocarbonyl (C=S) groups is 1. The van der Waals surface area contributed by atoms with Gasteiger partial charge in [0.05, 0.1) is 6.10 Å². The van der Waals surface area contributed by atoms with Crippen molar-refractivity contribution in [1.82, 2.24) is 16.2 Å². The van der Waals surface area contributed by atoms with Gasteiger partial charge in [-0.15, -0.1) is 0 Å². The third-order valence-corrected chi connectivity index (χ3v) is 3.63. The van der Waals surface area contributed by atoms with E-state index in [9.17, 15) is 13.6 Å². The molecule has 0 spiro atoms. The van der Waals surface area contributed by atoms with E-state index in [2.05, 4.69) is 16.2 Å². The van der Waals surface area contributed by atoms with Crippen LogP contribution in [0.1, 0.15) is 19.8 Å². The second-order valence-electron chi connectivity index (χ2n) is 5.29. The van der Waals surface area contributed by atoms with E-state index in [-0.39, 0.29) is 17.0 Å². The van der Waals surface area contributed by atoms with Gasteiger partial charge in [0, 0.05) is 19.2 Å². The van der Waals surface area contributed by atoms with Crippen LogP contribution in [0.2, 0.25) is 0 Å². The molecule has 2 rings (SSSR count). The Morgan fingerprint density at radius 3 is 2.92 bits per heavy atom. The Morgan fingerprint density at radius 2 is 2.25 bits per heavy atom. The predicted octanol–water partition coefficient (Wildman–Crippen LogP) is 1.41. The summed E-state index contributed by atoms with van der Waals surface area (Å²) < 4.78 is 36.9. The van der Waals surface area contributed by atoms with Gasteiger partial charge in [-0.25, -0.2) is 8.78 Å². The minimum Gasteiger partial charge on any atom is -0.478 e. The molecule has 1 aromatic carbocycles. The Labute approximate surface area is 143 Å². The van der Waals surface area contributed by atoms with Gasteiger partial charge in [-0.3, -0.25) is 15.6 Å². The summed E-state index contributed by atoms with van der Waals surface area (Å²) in [6.07, 6.45) is 1.11. The zero-order chi connectivity index (χ0) is 17.5. The molecular formula is C15H19F2N3O3S. The van der Waals surface area contributed by atoms with E-state index in [4.69, 9.17) is 21.7 Å². The molecule has 3 N–H and O–H groups in total. The van der Waals surface area contributed by atoms with E-state index in [1.807, 2.05) is 0 Å². The van der Waals surface area contributed by atoms with E-state index >= 15 is 0 Å². The van der Waals surface area contributed by atoms with E-state index in [0.29, 0.717) is 12.6 Å². The van der Waals surface area contributed by atoms with Gasteiger partial charge >= 0.3 is 0 Å². The van der Waals surface area contributed by atoms with Gasteiger partial charge < -0.3 is 14.8 Å². The van der Waals surface area contributed by atoms with Crippen LogP contribution in [0, 0.1) is 11.6 Å². The van der Waals surface area contributed by atoms with E-state index in [1.54, 1.807) is 0 Å². The molecule has 6 nitrogen and oxygen atoms in total. The van der Waals surface area contributed by atoms with Gasteiger partial charge in [0.15, 0.2) is 22.8 Å². The van der Waals surface area contributed by atoms with Crippen LogP contribution in [0.3, 0.4) is 0 Å². The molecule has 0 unspecified atom stereocenters. The molecule has 2 atom stereocenters. The molecule has 0 radical (unpaired) electrons. The minimum absolute atomic E-state index is 0.115. The highest BCUT2D eigenvalue weighted by Crippen LogP contribution is 2.18. The molecule has 24 heavy (non-hydrogen) atoms. The van der Waals surface area contributed by atoms with Crippen LogP contribution in [-0.2, 0) is 9.53 Å². The summed E-state index contributed by atoms with van der Waals surface area (Å²) in [5.41, 5.74) is 4.88. The second kappa shape index (κ2) is 8.74. The van der Waals surface area contributed by atoms with Crippen LogP contribution >= 0.6 is 12.2 Å². The molecule has 1 aliphatic heterocycles. The predicted molar refractivity (Wildman–Crippen MR) is 87.3 cm³/mol. The molecular weight excluding hydrogens is 340 g/mol. The SMILES string of the molecule is C[C@@H](Oc1ccc(F)cc1F)C(=O)NNC(=S)NC[C@@H]1CCCO1. The quantitative estimate of drug-likeness (QED) is 0.545. The van der Waals surface area contributed by atoms with Crippen molar-refractivity contribution in [3.8, 4) is 5.75 Å². The number of carbonyl (C=O) groups is 1. The Bertz CT molecular complexity index is 597. The van der Waals surface area contributed by atoms with Crippen molar-refractivity contribution in [2.75, 3.05) is 13.2 Å². The molecule has 1 fully saturated rings.